The molecule has 0 aliphatic heterocycles. The number of nitrogens with two attached hydrogens (primary N) is 1. The van der Waals surface area contributed by atoms with Gasteiger partial charge in [0, 0.05) is 36.5 Å². The number of benzene rings is 1. The summed E-state index contributed by atoms with van der Waals surface area (Å²) >= 11 is 0. The molecule has 0 fully saturated rings. The SMILES string of the molecule is CCc1ncc(CNc2ccc([N+](=O)[O-])c(C(F)(F)F)c2)c(N)n1. The Bertz CT molecular complexity index is 765. The second-order valence-electron chi connectivity index (χ2n) is 4.89. The molecule has 1 heterocycles. The molecule has 0 aliphatic rings. The van der Waals surface area contributed by atoms with E-state index in [2.05, 4.69) is 15.3 Å². The van der Waals surface area contributed by atoms with Gasteiger partial charge in [-0.05, 0) is 12.1 Å². The predicted molar refractivity (Wildman–Crippen MR) is 81.2 cm³/mol. The first-order valence-corrected chi connectivity index (χ1v) is 6.92. The number of hydrogen-bond acceptors (Lipinski definition) is 6. The number of aryl methyl sites for hydroxylation is 1. The summed E-state index contributed by atoms with van der Waals surface area (Å²) < 4.78 is 38.8. The third-order valence-corrected chi connectivity index (χ3v) is 3.25. The van der Waals surface area contributed by atoms with Gasteiger partial charge >= 0.3 is 6.18 Å². The molecule has 0 spiro atoms. The molecule has 7 nitrogen and oxygen atoms in total. The lowest BCUT2D eigenvalue weighted by atomic mass is 10.1. The van der Waals surface area contributed by atoms with Gasteiger partial charge in [0.2, 0.25) is 0 Å². The van der Waals surface area contributed by atoms with Gasteiger partial charge in [0.05, 0.1) is 4.92 Å². The van der Waals surface area contributed by atoms with Crippen LogP contribution < -0.4 is 11.1 Å². The summed E-state index contributed by atoms with van der Waals surface area (Å²) in [5.41, 5.74) is 4.04. The average Bonchev–Trinajstić information content (AvgIpc) is 2.52. The van der Waals surface area contributed by atoms with Crippen LogP contribution in [0.3, 0.4) is 0 Å². The number of hydrogen-bond donors (Lipinski definition) is 2. The second kappa shape index (κ2) is 6.69. The Morgan fingerprint density at radius 1 is 1.38 bits per heavy atom. The van der Waals surface area contributed by atoms with Crippen LogP contribution in [0.15, 0.2) is 24.4 Å². The molecule has 0 saturated carbocycles. The molecule has 1 aromatic carbocycles. The van der Waals surface area contributed by atoms with Crippen LogP contribution in [-0.4, -0.2) is 14.9 Å². The maximum atomic E-state index is 12.9. The predicted octanol–water partition coefficient (Wildman–Crippen LogP) is 3.16. The van der Waals surface area contributed by atoms with Crippen molar-refractivity contribution < 1.29 is 18.1 Å². The van der Waals surface area contributed by atoms with Gasteiger partial charge in [-0.15, -0.1) is 0 Å². The second-order valence-corrected chi connectivity index (χ2v) is 4.89. The van der Waals surface area contributed by atoms with E-state index in [0.717, 1.165) is 6.07 Å². The summed E-state index contributed by atoms with van der Waals surface area (Å²) in [6.45, 7) is 1.95. The Morgan fingerprint density at radius 3 is 2.62 bits per heavy atom. The molecule has 0 saturated heterocycles. The van der Waals surface area contributed by atoms with E-state index >= 15 is 0 Å². The number of rotatable bonds is 5. The summed E-state index contributed by atoms with van der Waals surface area (Å²) in [7, 11) is 0. The number of alkyl halides is 3. The lowest BCUT2D eigenvalue weighted by molar-refractivity contribution is -0.388. The summed E-state index contributed by atoms with van der Waals surface area (Å²) in [5.74, 6) is 0.790. The van der Waals surface area contributed by atoms with Gasteiger partial charge in [0.25, 0.3) is 5.69 Å². The fourth-order valence-electron chi connectivity index (χ4n) is 1.99. The van der Waals surface area contributed by atoms with Crippen molar-refractivity contribution in [2.45, 2.75) is 26.1 Å². The molecule has 10 heteroatoms. The normalized spacial score (nSPS) is 11.3. The van der Waals surface area contributed by atoms with Crippen LogP contribution >= 0.6 is 0 Å². The zero-order chi connectivity index (χ0) is 17.9. The van der Waals surface area contributed by atoms with Gasteiger partial charge in [0.1, 0.15) is 17.2 Å². The van der Waals surface area contributed by atoms with Crippen LogP contribution in [0, 0.1) is 10.1 Å². The molecule has 0 radical (unpaired) electrons. The van der Waals surface area contributed by atoms with Gasteiger partial charge in [-0.3, -0.25) is 10.1 Å². The summed E-state index contributed by atoms with van der Waals surface area (Å²) in [4.78, 5) is 17.8. The van der Waals surface area contributed by atoms with Crippen LogP contribution in [0.1, 0.15) is 23.9 Å². The van der Waals surface area contributed by atoms with Crippen molar-refractivity contribution in [2.24, 2.45) is 0 Å². The van der Waals surface area contributed by atoms with E-state index in [0.29, 0.717) is 23.9 Å². The van der Waals surface area contributed by atoms with Crippen LogP contribution in [0.4, 0.5) is 30.4 Å². The maximum Gasteiger partial charge on any atom is 0.423 e. The summed E-state index contributed by atoms with van der Waals surface area (Å²) in [6, 6.07) is 2.70. The quantitative estimate of drug-likeness (QED) is 0.639. The number of aromatic nitrogens is 2. The fraction of sp³-hybridized carbons (Fsp3) is 0.286. The van der Waals surface area contributed by atoms with Crippen molar-refractivity contribution in [2.75, 3.05) is 11.1 Å². The van der Waals surface area contributed by atoms with Crippen molar-refractivity contribution in [3.63, 3.8) is 0 Å². The number of halogens is 3. The molecule has 128 valence electrons. The molecule has 0 amide bonds. The van der Waals surface area contributed by atoms with Crippen LogP contribution in [0.2, 0.25) is 0 Å². The van der Waals surface area contributed by atoms with Gasteiger partial charge in [0.15, 0.2) is 0 Å². The van der Waals surface area contributed by atoms with Crippen molar-refractivity contribution in [3.05, 3.63) is 51.5 Å². The Labute approximate surface area is 134 Å². The largest absolute Gasteiger partial charge is 0.423 e. The Hall–Kier alpha value is -2.91. The lowest BCUT2D eigenvalue weighted by Gasteiger charge is -2.12. The first-order valence-electron chi connectivity index (χ1n) is 6.92. The topological polar surface area (TPSA) is 107 Å². The van der Waals surface area contributed by atoms with E-state index in [1.54, 1.807) is 0 Å². The summed E-state index contributed by atoms with van der Waals surface area (Å²) in [5, 5.41) is 13.5. The van der Waals surface area contributed by atoms with Crippen LogP contribution in [0.5, 0.6) is 0 Å². The number of nitro groups is 1. The molecule has 0 unspecified atom stereocenters. The smallest absolute Gasteiger partial charge is 0.383 e. The molecule has 0 aliphatic carbocycles. The molecule has 0 bridgehead atoms. The van der Waals surface area contributed by atoms with E-state index in [1.165, 1.54) is 12.3 Å². The Kier molecular flexibility index (Phi) is 4.86. The first-order chi connectivity index (χ1) is 11.2. The zero-order valence-corrected chi connectivity index (χ0v) is 12.6. The monoisotopic (exact) mass is 341 g/mol. The Morgan fingerprint density at radius 2 is 2.08 bits per heavy atom. The van der Waals surface area contributed by atoms with E-state index < -0.39 is 22.4 Å². The van der Waals surface area contributed by atoms with Crippen molar-refractivity contribution in [1.82, 2.24) is 9.97 Å². The maximum absolute atomic E-state index is 12.9. The minimum absolute atomic E-state index is 0.0758. The molecular weight excluding hydrogens is 327 g/mol. The van der Waals surface area contributed by atoms with Gasteiger partial charge < -0.3 is 11.1 Å². The van der Waals surface area contributed by atoms with Gasteiger partial charge in [-0.1, -0.05) is 6.92 Å². The third kappa shape index (κ3) is 3.89. The highest BCUT2D eigenvalue weighted by Crippen LogP contribution is 2.37. The van der Waals surface area contributed by atoms with E-state index in [-0.39, 0.29) is 18.1 Å². The van der Waals surface area contributed by atoms with E-state index in [9.17, 15) is 23.3 Å². The average molecular weight is 341 g/mol. The van der Waals surface area contributed by atoms with E-state index in [4.69, 9.17) is 5.73 Å². The first kappa shape index (κ1) is 17.4. The summed E-state index contributed by atoms with van der Waals surface area (Å²) in [6.07, 6.45) is -2.73. The highest BCUT2D eigenvalue weighted by Gasteiger charge is 2.38. The molecular formula is C14H14F3N5O2. The standard InChI is InChI=1S/C14H14F3N5O2/c1-2-12-20-7-8(13(18)21-12)6-19-9-3-4-11(22(23)24)10(5-9)14(15,16)17/h3-5,7,19H,2,6H2,1H3,(H2,18,20,21). The molecule has 0 atom stereocenters. The van der Waals surface area contributed by atoms with Crippen molar-refractivity contribution in [1.29, 1.82) is 0 Å². The molecule has 2 rings (SSSR count). The Balaban J connectivity index is 2.23. The van der Waals surface area contributed by atoms with Gasteiger partial charge in [-0.25, -0.2) is 9.97 Å². The van der Waals surface area contributed by atoms with Crippen LogP contribution in [0.25, 0.3) is 0 Å². The minimum Gasteiger partial charge on any atom is -0.383 e. The van der Waals surface area contributed by atoms with Crippen molar-refractivity contribution in [3.8, 4) is 0 Å². The fourth-order valence-corrected chi connectivity index (χ4v) is 1.99. The highest BCUT2D eigenvalue weighted by atomic mass is 19.4. The molecule has 1 aromatic heterocycles. The zero-order valence-electron chi connectivity index (χ0n) is 12.6. The van der Waals surface area contributed by atoms with Crippen molar-refractivity contribution >= 4 is 17.2 Å². The number of nitrogens with one attached hydrogen (secondary N) is 1. The van der Waals surface area contributed by atoms with Crippen LogP contribution in [-0.2, 0) is 19.1 Å². The lowest BCUT2D eigenvalue weighted by Crippen LogP contribution is -2.11. The van der Waals surface area contributed by atoms with Gasteiger partial charge in [-0.2, -0.15) is 13.2 Å². The molecule has 3 N–H and O–H groups in total. The number of nitrogens with zero attached hydrogens (tertiary/aromatic N) is 3. The van der Waals surface area contributed by atoms with E-state index in [1.807, 2.05) is 6.92 Å². The minimum atomic E-state index is -4.83. The number of nitro benzene ring substituents is 1. The molecule has 2 aromatic rings. The molecule has 24 heavy (non-hydrogen) atoms. The number of anilines is 2. The number of nitrogen functional groups attached to an aromatic ring is 1. The third-order valence-electron chi connectivity index (χ3n) is 3.25. The highest BCUT2D eigenvalue weighted by molar-refractivity contribution is 5.56.